The molecule has 1 amide bonds. The summed E-state index contributed by atoms with van der Waals surface area (Å²) in [7, 11) is 0. The first-order valence-electron chi connectivity index (χ1n) is 7.02. The highest BCUT2D eigenvalue weighted by Gasteiger charge is 2.48. The van der Waals surface area contributed by atoms with Crippen LogP contribution >= 0.6 is 0 Å². The molecule has 0 bridgehead atoms. The van der Waals surface area contributed by atoms with Gasteiger partial charge in [-0.25, -0.2) is 9.59 Å². The number of carbonyl (C=O) groups excluding carboxylic acids is 1. The van der Waals surface area contributed by atoms with Crippen LogP contribution in [0.5, 0.6) is 0 Å². The maximum absolute atomic E-state index is 11.9. The first kappa shape index (κ1) is 17.2. The summed E-state index contributed by atoms with van der Waals surface area (Å²) in [5.74, 6) is -1.11. The molecule has 1 rings (SSSR count). The predicted molar refractivity (Wildman–Crippen MR) is 75.6 cm³/mol. The number of ether oxygens (including phenoxy) is 1. The molecule has 2 unspecified atom stereocenters. The van der Waals surface area contributed by atoms with Gasteiger partial charge in [-0.15, -0.1) is 0 Å². The predicted octanol–water partition coefficient (Wildman–Crippen LogP) is 1.34. The molecule has 0 spiro atoms. The first-order chi connectivity index (χ1) is 9.63. The van der Waals surface area contributed by atoms with E-state index in [-0.39, 0.29) is 19.0 Å². The monoisotopic (exact) mass is 297 g/mol. The number of nitrogens with one attached hydrogen (secondary N) is 1. The number of nitriles is 1. The van der Waals surface area contributed by atoms with Crippen molar-refractivity contribution in [3.63, 3.8) is 0 Å². The number of hydrogen-bond acceptors (Lipinski definition) is 5. The molecule has 7 heteroatoms. The van der Waals surface area contributed by atoms with Crippen LogP contribution < -0.4 is 5.32 Å². The Morgan fingerprint density at radius 3 is 2.57 bits per heavy atom. The molecule has 7 nitrogen and oxygen atoms in total. The van der Waals surface area contributed by atoms with Crippen molar-refractivity contribution in [2.45, 2.75) is 57.7 Å². The zero-order valence-electron chi connectivity index (χ0n) is 13.0. The number of carboxylic acids is 1. The fourth-order valence-electron chi connectivity index (χ4n) is 2.37. The van der Waals surface area contributed by atoms with E-state index in [4.69, 9.17) is 10.00 Å². The smallest absolute Gasteiger partial charge is 0.408 e. The molecule has 21 heavy (non-hydrogen) atoms. The highest BCUT2D eigenvalue weighted by molar-refractivity contribution is 5.85. The molecule has 0 aromatic heterocycles. The molecule has 1 fully saturated rings. The van der Waals surface area contributed by atoms with Crippen molar-refractivity contribution < 1.29 is 19.4 Å². The average Bonchev–Trinajstić information content (AvgIpc) is 2.73. The van der Waals surface area contributed by atoms with Crippen molar-refractivity contribution in [3.05, 3.63) is 0 Å². The van der Waals surface area contributed by atoms with Gasteiger partial charge in [0, 0.05) is 13.1 Å². The van der Waals surface area contributed by atoms with E-state index in [9.17, 15) is 14.7 Å². The minimum absolute atomic E-state index is 0.105. The second-order valence-corrected chi connectivity index (χ2v) is 6.29. The molecule has 1 aliphatic rings. The third-order valence-electron chi connectivity index (χ3n) is 3.42. The van der Waals surface area contributed by atoms with Crippen molar-refractivity contribution in [1.82, 2.24) is 10.2 Å². The van der Waals surface area contributed by atoms with E-state index in [0.717, 1.165) is 0 Å². The maximum atomic E-state index is 11.9. The van der Waals surface area contributed by atoms with Gasteiger partial charge in [-0.1, -0.05) is 6.92 Å². The number of aliphatic carboxylic acids is 1. The highest BCUT2D eigenvalue weighted by atomic mass is 16.6. The van der Waals surface area contributed by atoms with Crippen LogP contribution in [-0.2, 0) is 9.53 Å². The summed E-state index contributed by atoms with van der Waals surface area (Å²) in [4.78, 5) is 25.2. The third kappa shape index (κ3) is 4.33. The van der Waals surface area contributed by atoms with Crippen molar-refractivity contribution >= 4 is 12.1 Å². The molecule has 0 aromatic carbocycles. The molecule has 2 atom stereocenters. The van der Waals surface area contributed by atoms with Gasteiger partial charge < -0.3 is 15.2 Å². The lowest BCUT2D eigenvalue weighted by Gasteiger charge is -2.29. The van der Waals surface area contributed by atoms with E-state index in [1.807, 2.05) is 6.92 Å². The van der Waals surface area contributed by atoms with E-state index in [1.54, 1.807) is 25.7 Å². The van der Waals surface area contributed by atoms with Crippen LogP contribution in [-0.4, -0.2) is 52.3 Å². The molecule has 0 aromatic rings. The number of likely N-dealkylation sites (tertiary alicyclic amines) is 1. The first-order valence-corrected chi connectivity index (χ1v) is 7.02. The Hall–Kier alpha value is -1.81. The van der Waals surface area contributed by atoms with E-state index >= 15 is 0 Å². The van der Waals surface area contributed by atoms with Crippen LogP contribution in [0.1, 0.15) is 40.5 Å². The van der Waals surface area contributed by atoms with E-state index < -0.39 is 23.2 Å². The van der Waals surface area contributed by atoms with Gasteiger partial charge in [-0.2, -0.15) is 5.26 Å². The molecule has 1 saturated heterocycles. The van der Waals surface area contributed by atoms with Crippen molar-refractivity contribution in [1.29, 1.82) is 5.26 Å². The number of amides is 1. The van der Waals surface area contributed by atoms with Crippen LogP contribution in [0.25, 0.3) is 0 Å². The second-order valence-electron chi connectivity index (χ2n) is 6.29. The summed E-state index contributed by atoms with van der Waals surface area (Å²) >= 11 is 0. The number of alkyl carbamates (subject to hydrolysis) is 1. The molecule has 1 heterocycles. The molecular formula is C14H23N3O4. The molecule has 2 N–H and O–H groups in total. The lowest BCUT2D eigenvalue weighted by atomic mass is 9.99. The average molecular weight is 297 g/mol. The largest absolute Gasteiger partial charge is 0.479 e. The Kier molecular flexibility index (Phi) is 5.18. The van der Waals surface area contributed by atoms with Crippen LogP contribution in [0.15, 0.2) is 0 Å². The van der Waals surface area contributed by atoms with Gasteiger partial charge in [-0.3, -0.25) is 4.90 Å². The fraction of sp³-hybridized carbons (Fsp3) is 0.786. The SMILES string of the molecule is CCC(C#N)N1CCC(NC(=O)OC(C)(C)C)(C(=O)O)C1. The van der Waals surface area contributed by atoms with E-state index in [1.165, 1.54) is 0 Å². The van der Waals surface area contributed by atoms with Crippen LogP contribution in [0.2, 0.25) is 0 Å². The maximum Gasteiger partial charge on any atom is 0.408 e. The number of carboxylic acid groups (broad SMARTS) is 1. The van der Waals surface area contributed by atoms with Crippen LogP contribution in [0.4, 0.5) is 4.79 Å². The summed E-state index contributed by atoms with van der Waals surface area (Å²) in [5.41, 5.74) is -2.09. The summed E-state index contributed by atoms with van der Waals surface area (Å²) in [6, 6.07) is 1.81. The van der Waals surface area contributed by atoms with Crippen molar-refractivity contribution in [2.24, 2.45) is 0 Å². The summed E-state index contributed by atoms with van der Waals surface area (Å²) in [5, 5.41) is 21.0. The van der Waals surface area contributed by atoms with E-state index in [0.29, 0.717) is 13.0 Å². The number of hydrogen-bond donors (Lipinski definition) is 2. The van der Waals surface area contributed by atoms with Gasteiger partial charge in [0.1, 0.15) is 5.60 Å². The van der Waals surface area contributed by atoms with Crippen molar-refractivity contribution in [3.8, 4) is 6.07 Å². The van der Waals surface area contributed by atoms with Crippen LogP contribution in [0, 0.1) is 11.3 Å². The lowest BCUT2D eigenvalue weighted by molar-refractivity contribution is -0.144. The third-order valence-corrected chi connectivity index (χ3v) is 3.42. The Bertz CT molecular complexity index is 452. The van der Waals surface area contributed by atoms with Gasteiger partial charge in [0.05, 0.1) is 12.1 Å². The standard InChI is InChI=1S/C14H23N3O4/c1-5-10(8-15)17-7-6-14(9-17,11(18)19)16-12(20)21-13(2,3)4/h10H,5-7,9H2,1-4H3,(H,16,20)(H,18,19). The van der Waals surface area contributed by atoms with E-state index in [2.05, 4.69) is 11.4 Å². The fourth-order valence-corrected chi connectivity index (χ4v) is 2.37. The number of nitrogens with zero attached hydrogens (tertiary/aromatic N) is 2. The Morgan fingerprint density at radius 2 is 2.14 bits per heavy atom. The minimum Gasteiger partial charge on any atom is -0.479 e. The van der Waals surface area contributed by atoms with Gasteiger partial charge in [0.15, 0.2) is 5.54 Å². The Balaban J connectivity index is 2.81. The zero-order valence-corrected chi connectivity index (χ0v) is 13.0. The Labute approximate surface area is 124 Å². The normalized spacial score (nSPS) is 24.1. The number of rotatable bonds is 4. The molecule has 0 aliphatic carbocycles. The Morgan fingerprint density at radius 1 is 1.52 bits per heavy atom. The zero-order chi connectivity index (χ0) is 16.3. The van der Waals surface area contributed by atoms with Crippen molar-refractivity contribution in [2.75, 3.05) is 13.1 Å². The molecule has 0 saturated carbocycles. The topological polar surface area (TPSA) is 103 Å². The van der Waals surface area contributed by atoms with Crippen LogP contribution in [0.3, 0.4) is 0 Å². The van der Waals surface area contributed by atoms with Gasteiger partial charge in [-0.05, 0) is 33.6 Å². The van der Waals surface area contributed by atoms with Gasteiger partial charge in [0.25, 0.3) is 0 Å². The molecule has 1 aliphatic heterocycles. The molecular weight excluding hydrogens is 274 g/mol. The summed E-state index contributed by atoms with van der Waals surface area (Å²) in [6.45, 7) is 7.56. The molecule has 118 valence electrons. The quantitative estimate of drug-likeness (QED) is 0.811. The lowest BCUT2D eigenvalue weighted by Crippen LogP contribution is -2.57. The summed E-state index contributed by atoms with van der Waals surface area (Å²) < 4.78 is 5.13. The second kappa shape index (κ2) is 6.31. The highest BCUT2D eigenvalue weighted by Crippen LogP contribution is 2.25. The minimum atomic E-state index is -1.40. The summed E-state index contributed by atoms with van der Waals surface area (Å²) in [6.07, 6.45) is 0.107. The number of carbonyl (C=O) groups is 2. The van der Waals surface area contributed by atoms with Gasteiger partial charge in [0.2, 0.25) is 0 Å². The molecule has 0 radical (unpaired) electrons. The van der Waals surface area contributed by atoms with Gasteiger partial charge >= 0.3 is 12.1 Å².